The Morgan fingerprint density at radius 3 is 3.07 bits per heavy atom. The fraction of sp³-hybridized carbons (Fsp3) is 0.444. The van der Waals surface area contributed by atoms with Crippen LogP contribution < -0.4 is 11.3 Å². The molecule has 0 saturated carbocycles. The molecule has 0 fully saturated rings. The minimum absolute atomic E-state index is 0.0459. The quantitative estimate of drug-likeness (QED) is 0.441. The van der Waals surface area contributed by atoms with Crippen molar-refractivity contribution in [1.29, 1.82) is 0 Å². The van der Waals surface area contributed by atoms with Crippen LogP contribution in [0.4, 0.5) is 0 Å². The monoisotopic (exact) mass is 215 g/mol. The Morgan fingerprint density at radius 2 is 2.50 bits per heavy atom. The molecule has 14 heavy (non-hydrogen) atoms. The van der Waals surface area contributed by atoms with Crippen LogP contribution in [0.2, 0.25) is 5.15 Å². The zero-order chi connectivity index (χ0) is 10.4. The molecule has 1 aromatic rings. The molecule has 78 valence electrons. The summed E-state index contributed by atoms with van der Waals surface area (Å²) in [4.78, 5) is 3.89. The molecule has 1 aromatic heterocycles. The normalized spacial score (nSPS) is 12.8. The first-order valence-corrected chi connectivity index (χ1v) is 4.81. The fourth-order valence-corrected chi connectivity index (χ4v) is 1.29. The molecule has 5 heteroatoms. The molecule has 1 heterocycles. The smallest absolute Gasteiger partial charge is 0.129 e. The van der Waals surface area contributed by atoms with Gasteiger partial charge in [-0.3, -0.25) is 11.3 Å². The van der Waals surface area contributed by atoms with E-state index in [-0.39, 0.29) is 6.04 Å². The molecule has 1 atom stereocenters. The number of aromatic nitrogens is 1. The second kappa shape index (κ2) is 5.93. The first kappa shape index (κ1) is 11.4. The summed E-state index contributed by atoms with van der Waals surface area (Å²) in [6.07, 6.45) is 1.65. The molecule has 4 nitrogen and oxygen atoms in total. The molecule has 0 bridgehead atoms. The molecule has 0 aliphatic carbocycles. The van der Waals surface area contributed by atoms with Crippen LogP contribution in [-0.2, 0) is 4.74 Å². The van der Waals surface area contributed by atoms with Crippen molar-refractivity contribution in [2.24, 2.45) is 5.84 Å². The van der Waals surface area contributed by atoms with Gasteiger partial charge in [0.2, 0.25) is 0 Å². The summed E-state index contributed by atoms with van der Waals surface area (Å²) in [6, 6.07) is 3.58. The lowest BCUT2D eigenvalue weighted by Gasteiger charge is -2.15. The van der Waals surface area contributed by atoms with Gasteiger partial charge in [-0.05, 0) is 24.6 Å². The van der Waals surface area contributed by atoms with Gasteiger partial charge in [0.25, 0.3) is 0 Å². The highest BCUT2D eigenvalue weighted by Gasteiger charge is 2.09. The number of nitrogens with two attached hydrogens (primary N) is 1. The molecule has 0 amide bonds. The molecule has 1 unspecified atom stereocenters. The van der Waals surface area contributed by atoms with Crippen molar-refractivity contribution in [3.05, 3.63) is 29.0 Å². The summed E-state index contributed by atoms with van der Waals surface area (Å²) in [5.41, 5.74) is 3.64. The van der Waals surface area contributed by atoms with Crippen LogP contribution in [0.1, 0.15) is 18.5 Å². The van der Waals surface area contributed by atoms with Gasteiger partial charge in [0.1, 0.15) is 5.15 Å². The average Bonchev–Trinajstić information content (AvgIpc) is 2.19. The van der Waals surface area contributed by atoms with Gasteiger partial charge in [0, 0.05) is 12.8 Å². The second-order valence-corrected chi connectivity index (χ2v) is 3.18. The standard InChI is InChI=1S/C9H14ClN3O/c1-2-14-6-8(13-11)7-3-4-12-9(10)5-7/h3-5,8,13H,2,6,11H2,1H3. The highest BCUT2D eigenvalue weighted by Crippen LogP contribution is 2.15. The Kier molecular flexibility index (Phi) is 4.82. The van der Waals surface area contributed by atoms with Crippen LogP contribution >= 0.6 is 11.6 Å². The third kappa shape index (κ3) is 3.23. The van der Waals surface area contributed by atoms with E-state index in [1.54, 1.807) is 12.3 Å². The minimum Gasteiger partial charge on any atom is -0.380 e. The van der Waals surface area contributed by atoms with E-state index in [1.807, 2.05) is 13.0 Å². The molecule has 0 saturated heterocycles. The van der Waals surface area contributed by atoms with E-state index in [1.165, 1.54) is 0 Å². The van der Waals surface area contributed by atoms with Crippen LogP contribution in [0, 0.1) is 0 Å². The lowest BCUT2D eigenvalue weighted by atomic mass is 10.1. The number of nitrogens with zero attached hydrogens (tertiary/aromatic N) is 1. The van der Waals surface area contributed by atoms with E-state index in [2.05, 4.69) is 10.4 Å². The van der Waals surface area contributed by atoms with Crippen LogP contribution in [0.3, 0.4) is 0 Å². The van der Waals surface area contributed by atoms with Gasteiger partial charge in [0.15, 0.2) is 0 Å². The van der Waals surface area contributed by atoms with Gasteiger partial charge in [-0.1, -0.05) is 11.6 Å². The zero-order valence-electron chi connectivity index (χ0n) is 8.03. The third-order valence-corrected chi connectivity index (χ3v) is 2.05. The van der Waals surface area contributed by atoms with Gasteiger partial charge in [-0.2, -0.15) is 0 Å². The van der Waals surface area contributed by atoms with Crippen LogP contribution in [-0.4, -0.2) is 18.2 Å². The maximum Gasteiger partial charge on any atom is 0.129 e. The van der Waals surface area contributed by atoms with E-state index >= 15 is 0 Å². The molecule has 1 rings (SSSR count). The molecule has 0 aromatic carbocycles. The Bertz CT molecular complexity index is 283. The number of nitrogens with one attached hydrogen (secondary N) is 1. The molecular formula is C9H14ClN3O. The number of rotatable bonds is 5. The van der Waals surface area contributed by atoms with Crippen molar-refractivity contribution >= 4 is 11.6 Å². The van der Waals surface area contributed by atoms with Crippen molar-refractivity contribution in [2.45, 2.75) is 13.0 Å². The Balaban J connectivity index is 2.68. The van der Waals surface area contributed by atoms with Crippen molar-refractivity contribution in [3.63, 3.8) is 0 Å². The van der Waals surface area contributed by atoms with E-state index in [4.69, 9.17) is 22.2 Å². The van der Waals surface area contributed by atoms with Gasteiger partial charge in [-0.15, -0.1) is 0 Å². The number of hydrogen-bond donors (Lipinski definition) is 2. The van der Waals surface area contributed by atoms with Gasteiger partial charge < -0.3 is 4.74 Å². The van der Waals surface area contributed by atoms with E-state index in [0.717, 1.165) is 5.56 Å². The number of ether oxygens (including phenoxy) is 1. The van der Waals surface area contributed by atoms with E-state index < -0.39 is 0 Å². The lowest BCUT2D eigenvalue weighted by Crippen LogP contribution is -2.31. The van der Waals surface area contributed by atoms with E-state index in [9.17, 15) is 0 Å². The molecule has 0 aliphatic heterocycles. The van der Waals surface area contributed by atoms with Gasteiger partial charge in [0.05, 0.1) is 12.6 Å². The van der Waals surface area contributed by atoms with Crippen LogP contribution in [0.25, 0.3) is 0 Å². The number of hydrazine groups is 1. The summed E-state index contributed by atoms with van der Waals surface area (Å²) < 4.78 is 5.27. The molecule has 0 spiro atoms. The molecule has 3 N–H and O–H groups in total. The van der Waals surface area contributed by atoms with Crippen molar-refractivity contribution in [1.82, 2.24) is 10.4 Å². The summed E-state index contributed by atoms with van der Waals surface area (Å²) in [5.74, 6) is 5.40. The highest BCUT2D eigenvalue weighted by atomic mass is 35.5. The Labute approximate surface area is 88.4 Å². The summed E-state index contributed by atoms with van der Waals surface area (Å²) >= 11 is 5.76. The predicted molar refractivity (Wildman–Crippen MR) is 55.8 cm³/mol. The van der Waals surface area contributed by atoms with Crippen LogP contribution in [0.15, 0.2) is 18.3 Å². The van der Waals surface area contributed by atoms with Gasteiger partial charge >= 0.3 is 0 Å². The Morgan fingerprint density at radius 1 is 1.71 bits per heavy atom. The number of pyridine rings is 1. The van der Waals surface area contributed by atoms with Crippen LogP contribution in [0.5, 0.6) is 0 Å². The number of halogens is 1. The van der Waals surface area contributed by atoms with Gasteiger partial charge in [-0.25, -0.2) is 4.98 Å². The first-order valence-electron chi connectivity index (χ1n) is 4.43. The predicted octanol–water partition coefficient (Wildman–Crippen LogP) is 1.28. The molecule has 0 aliphatic rings. The lowest BCUT2D eigenvalue weighted by molar-refractivity contribution is 0.123. The fourth-order valence-electron chi connectivity index (χ4n) is 1.11. The summed E-state index contributed by atoms with van der Waals surface area (Å²) in [6.45, 7) is 3.12. The van der Waals surface area contributed by atoms with Crippen molar-refractivity contribution in [2.75, 3.05) is 13.2 Å². The maximum atomic E-state index is 5.76. The third-order valence-electron chi connectivity index (χ3n) is 1.84. The summed E-state index contributed by atoms with van der Waals surface area (Å²) in [5, 5.41) is 0.458. The minimum atomic E-state index is -0.0459. The maximum absolute atomic E-state index is 5.76. The molecule has 0 radical (unpaired) electrons. The van der Waals surface area contributed by atoms with E-state index in [0.29, 0.717) is 18.4 Å². The zero-order valence-corrected chi connectivity index (χ0v) is 8.79. The largest absolute Gasteiger partial charge is 0.380 e. The topological polar surface area (TPSA) is 60.2 Å². The van der Waals surface area contributed by atoms with Crippen molar-refractivity contribution in [3.8, 4) is 0 Å². The Hall–Kier alpha value is -0.680. The SMILES string of the molecule is CCOCC(NN)c1ccnc(Cl)c1. The average molecular weight is 216 g/mol. The molecular weight excluding hydrogens is 202 g/mol. The first-order chi connectivity index (χ1) is 6.77. The second-order valence-electron chi connectivity index (χ2n) is 2.79. The highest BCUT2D eigenvalue weighted by molar-refractivity contribution is 6.29. The summed E-state index contributed by atoms with van der Waals surface area (Å²) in [7, 11) is 0. The van der Waals surface area contributed by atoms with Crippen molar-refractivity contribution < 1.29 is 4.74 Å². The number of hydrogen-bond acceptors (Lipinski definition) is 4.